The molecule has 17 unspecified atom stereocenters. The van der Waals surface area contributed by atoms with Gasteiger partial charge in [0.2, 0.25) is 0 Å². The van der Waals surface area contributed by atoms with Gasteiger partial charge < -0.3 is 52.3 Å². The number of methoxy groups -OCH3 is 1. The average molecular weight is 814 g/mol. The lowest BCUT2D eigenvalue weighted by atomic mass is 9.76. The minimum Gasteiger partial charge on any atom is -0.462 e. The fourth-order valence-electron chi connectivity index (χ4n) is 8.93. The van der Waals surface area contributed by atoms with Gasteiger partial charge in [-0.3, -0.25) is 24.0 Å². The summed E-state index contributed by atoms with van der Waals surface area (Å²) in [6.07, 6.45) is -7.35. The molecule has 4 saturated heterocycles. The zero-order valence-corrected chi connectivity index (χ0v) is 36.2. The van der Waals surface area contributed by atoms with Gasteiger partial charge in [0.05, 0.1) is 48.9 Å². The third-order valence-corrected chi connectivity index (χ3v) is 12.2. The Labute approximate surface area is 337 Å². The molecule has 16 heteroatoms. The molecule has 0 aromatic heterocycles. The highest BCUT2D eigenvalue weighted by atomic mass is 16.7. The van der Waals surface area contributed by atoms with Gasteiger partial charge in [-0.05, 0) is 60.5 Å². The molecular weight excluding hydrogens is 746 g/mol. The predicted molar refractivity (Wildman–Crippen MR) is 202 cm³/mol. The van der Waals surface area contributed by atoms with E-state index in [9.17, 15) is 24.0 Å². The first kappa shape index (κ1) is 47.0. The molecule has 0 N–H and O–H groups in total. The quantitative estimate of drug-likeness (QED) is 0.187. The van der Waals surface area contributed by atoms with Gasteiger partial charge >= 0.3 is 23.9 Å². The SMILES string of the molecule is COC1CC(OC2C(C)C(=O)OC(C)C(C)C(OC(C)=O)C(C)C(=O)[C@]3(CO3)CC(C)C(OC3OC(C)CC(N(C)C)C3OC(C)=O)C2C)OC(C)C1OC(C)=O. The first-order valence-corrected chi connectivity index (χ1v) is 20.3. The van der Waals surface area contributed by atoms with E-state index in [1.54, 1.807) is 34.6 Å². The van der Waals surface area contributed by atoms with Crippen molar-refractivity contribution in [2.45, 2.75) is 175 Å². The number of cyclic esters (lactones) is 1. The van der Waals surface area contributed by atoms with Crippen LogP contribution in [-0.4, -0.2) is 142 Å². The van der Waals surface area contributed by atoms with Crippen LogP contribution < -0.4 is 0 Å². The molecule has 0 amide bonds. The normalized spacial score (nSPS) is 43.5. The maximum absolute atomic E-state index is 14.4. The Morgan fingerprint density at radius 1 is 0.702 bits per heavy atom. The van der Waals surface area contributed by atoms with Crippen molar-refractivity contribution in [3.05, 3.63) is 0 Å². The van der Waals surface area contributed by atoms with Crippen LogP contribution >= 0.6 is 0 Å². The van der Waals surface area contributed by atoms with Gasteiger partial charge in [0.1, 0.15) is 18.3 Å². The minimum atomic E-state index is -1.19. The predicted octanol–water partition coefficient (Wildman–Crippen LogP) is 3.62. The molecule has 326 valence electrons. The summed E-state index contributed by atoms with van der Waals surface area (Å²) in [4.78, 5) is 67.4. The topological polar surface area (TPSA) is 184 Å². The van der Waals surface area contributed by atoms with Crippen molar-refractivity contribution >= 4 is 29.7 Å². The Morgan fingerprint density at radius 2 is 1.28 bits per heavy atom. The van der Waals surface area contributed by atoms with Crippen molar-refractivity contribution in [3.63, 3.8) is 0 Å². The van der Waals surface area contributed by atoms with Crippen LogP contribution in [0.15, 0.2) is 0 Å². The Morgan fingerprint density at radius 3 is 1.82 bits per heavy atom. The van der Waals surface area contributed by atoms with E-state index in [1.165, 1.54) is 27.9 Å². The fraction of sp³-hybridized carbons (Fsp3) is 0.878. The number of Topliss-reactive ketones (excluding diaryl/α,β-unsaturated/α-hetero) is 1. The molecule has 0 aliphatic carbocycles. The second-order valence-corrected chi connectivity index (χ2v) is 17.1. The van der Waals surface area contributed by atoms with Gasteiger partial charge in [-0.25, -0.2) is 0 Å². The number of carbonyl (C=O) groups excluding carboxylic acids is 5. The third kappa shape index (κ3) is 11.3. The van der Waals surface area contributed by atoms with Gasteiger partial charge in [0.15, 0.2) is 36.2 Å². The Balaban J connectivity index is 1.82. The number of ketones is 1. The third-order valence-electron chi connectivity index (χ3n) is 12.2. The van der Waals surface area contributed by atoms with Crippen molar-refractivity contribution < 1.29 is 71.3 Å². The monoisotopic (exact) mass is 813 g/mol. The van der Waals surface area contributed by atoms with Crippen LogP contribution in [0.2, 0.25) is 0 Å². The summed E-state index contributed by atoms with van der Waals surface area (Å²) in [6, 6.07) is -0.247. The van der Waals surface area contributed by atoms with Crippen LogP contribution in [0.25, 0.3) is 0 Å². The standard InChI is InChI=1S/C41H67NO15/c1-19-17-41(18-49-41)38(46)23(5)34(53-27(9)43)21(3)25(7)52-39(47)24(6)35(56-32-16-31(48-14)36(26(8)51-32)54-28(10)44)22(4)33(19)57-40-37(55-29(11)45)30(42(12)13)15-20(2)50-40/h19-26,30-37,40H,15-18H2,1-14H3/t19?,20?,21?,22?,23?,24?,25?,26?,30?,31?,32?,33?,34?,35?,36?,37?,40?,41-/m1/s1. The van der Waals surface area contributed by atoms with Crippen molar-refractivity contribution in [2.75, 3.05) is 27.8 Å². The Bertz CT molecular complexity index is 1420. The van der Waals surface area contributed by atoms with E-state index >= 15 is 0 Å². The van der Waals surface area contributed by atoms with Crippen molar-refractivity contribution in [1.82, 2.24) is 4.90 Å². The van der Waals surface area contributed by atoms with E-state index in [1.807, 2.05) is 39.8 Å². The molecule has 57 heavy (non-hydrogen) atoms. The molecule has 4 rings (SSSR count). The lowest BCUT2D eigenvalue weighted by Crippen LogP contribution is -2.58. The number of esters is 4. The van der Waals surface area contributed by atoms with Crippen molar-refractivity contribution in [3.8, 4) is 0 Å². The van der Waals surface area contributed by atoms with Gasteiger partial charge in [0.25, 0.3) is 0 Å². The van der Waals surface area contributed by atoms with Crippen molar-refractivity contribution in [2.24, 2.45) is 29.6 Å². The first-order chi connectivity index (χ1) is 26.6. The van der Waals surface area contributed by atoms with Gasteiger partial charge in [-0.1, -0.05) is 27.7 Å². The second-order valence-electron chi connectivity index (χ2n) is 17.1. The van der Waals surface area contributed by atoms with E-state index in [4.69, 9.17) is 47.4 Å². The zero-order chi connectivity index (χ0) is 42.7. The molecule has 0 aromatic rings. The fourth-order valence-corrected chi connectivity index (χ4v) is 8.93. The number of carbonyl (C=O) groups is 5. The number of ether oxygens (including phenoxy) is 10. The first-order valence-electron chi connectivity index (χ1n) is 20.3. The van der Waals surface area contributed by atoms with E-state index in [-0.39, 0.29) is 37.4 Å². The van der Waals surface area contributed by atoms with Crippen LogP contribution in [-0.2, 0) is 71.3 Å². The van der Waals surface area contributed by atoms with E-state index < -0.39 is 120 Å². The number of rotatable bonds is 9. The molecule has 4 aliphatic rings. The number of hydrogen-bond acceptors (Lipinski definition) is 16. The largest absolute Gasteiger partial charge is 0.462 e. The molecule has 0 bridgehead atoms. The van der Waals surface area contributed by atoms with E-state index in [0.29, 0.717) is 6.42 Å². The maximum atomic E-state index is 14.4. The molecule has 16 nitrogen and oxygen atoms in total. The Hall–Kier alpha value is -2.73. The van der Waals surface area contributed by atoms with Gasteiger partial charge in [0, 0.05) is 46.1 Å². The molecular formula is C41H67NO15. The average Bonchev–Trinajstić information content (AvgIpc) is 3.91. The molecule has 4 heterocycles. The summed E-state index contributed by atoms with van der Waals surface area (Å²) in [5.74, 6) is -5.69. The summed E-state index contributed by atoms with van der Waals surface area (Å²) in [7, 11) is 5.31. The number of likely N-dealkylation sites (N-methyl/N-ethyl adjacent to an activating group) is 1. The highest BCUT2D eigenvalue weighted by molar-refractivity contribution is 5.92. The summed E-state index contributed by atoms with van der Waals surface area (Å²) in [5, 5.41) is 0. The summed E-state index contributed by atoms with van der Waals surface area (Å²) >= 11 is 0. The van der Waals surface area contributed by atoms with Crippen molar-refractivity contribution in [1.29, 1.82) is 0 Å². The zero-order valence-electron chi connectivity index (χ0n) is 36.2. The summed E-state index contributed by atoms with van der Waals surface area (Å²) < 4.78 is 61.5. The molecule has 0 aromatic carbocycles. The molecule has 18 atom stereocenters. The molecule has 1 spiro atoms. The highest BCUT2D eigenvalue weighted by Gasteiger charge is 2.58. The highest BCUT2D eigenvalue weighted by Crippen LogP contribution is 2.44. The lowest BCUT2D eigenvalue weighted by Gasteiger charge is -2.46. The minimum absolute atomic E-state index is 0.162. The molecule has 4 aliphatic heterocycles. The molecule has 4 fully saturated rings. The van der Waals surface area contributed by atoms with Crippen LogP contribution in [0.4, 0.5) is 0 Å². The molecule has 0 saturated carbocycles. The smallest absolute Gasteiger partial charge is 0.311 e. The van der Waals surface area contributed by atoms with Gasteiger partial charge in [-0.2, -0.15) is 0 Å². The summed E-state index contributed by atoms with van der Waals surface area (Å²) in [6.45, 7) is 18.5. The van der Waals surface area contributed by atoms with E-state index in [2.05, 4.69) is 0 Å². The van der Waals surface area contributed by atoms with Crippen LogP contribution in [0.3, 0.4) is 0 Å². The molecule has 0 radical (unpaired) electrons. The van der Waals surface area contributed by atoms with E-state index in [0.717, 1.165) is 0 Å². The lowest BCUT2D eigenvalue weighted by molar-refractivity contribution is -0.301. The number of nitrogens with zero attached hydrogens (tertiary/aromatic N) is 1. The van der Waals surface area contributed by atoms with Crippen LogP contribution in [0.1, 0.15) is 95.4 Å². The van der Waals surface area contributed by atoms with Crippen LogP contribution in [0.5, 0.6) is 0 Å². The number of epoxide rings is 1. The second kappa shape index (κ2) is 19.6. The maximum Gasteiger partial charge on any atom is 0.311 e. The summed E-state index contributed by atoms with van der Waals surface area (Å²) in [5.41, 5.74) is -1.19. The Kier molecular flexibility index (Phi) is 16.1. The number of hydrogen-bond donors (Lipinski definition) is 0. The van der Waals surface area contributed by atoms with Gasteiger partial charge in [-0.15, -0.1) is 0 Å². The van der Waals surface area contributed by atoms with Crippen LogP contribution in [0, 0.1) is 29.6 Å².